The fourth-order valence-electron chi connectivity index (χ4n) is 1.87. The summed E-state index contributed by atoms with van der Waals surface area (Å²) in [5, 5.41) is 1.09. The fourth-order valence-corrected chi connectivity index (χ4v) is 5.33. The summed E-state index contributed by atoms with van der Waals surface area (Å²) >= 11 is 0. The van der Waals surface area contributed by atoms with Crippen molar-refractivity contribution in [2.24, 2.45) is 0 Å². The van der Waals surface area contributed by atoms with E-state index in [9.17, 15) is 13.0 Å². The van der Waals surface area contributed by atoms with Crippen molar-refractivity contribution >= 4 is 23.3 Å². The number of ether oxygens (including phenoxy) is 3. The van der Waals surface area contributed by atoms with Gasteiger partial charge in [-0.3, -0.25) is 0 Å². The van der Waals surface area contributed by atoms with Crippen molar-refractivity contribution in [3.8, 4) is 0 Å². The normalized spacial score (nSPS) is 13.1. The Labute approximate surface area is 139 Å². The lowest BCUT2D eigenvalue weighted by Crippen LogP contribution is -2.16. The minimum absolute atomic E-state index is 0.326. The monoisotopic (exact) mass is 363 g/mol. The maximum atomic E-state index is 10.9. The van der Waals surface area contributed by atoms with Crippen molar-refractivity contribution in [1.29, 1.82) is 0 Å². The molecule has 1 unspecified atom stereocenters. The molecule has 23 heavy (non-hydrogen) atoms. The molecule has 0 bridgehead atoms. The van der Waals surface area contributed by atoms with Crippen molar-refractivity contribution in [1.82, 2.24) is 0 Å². The third-order valence-electron chi connectivity index (χ3n) is 3.04. The van der Waals surface area contributed by atoms with Crippen molar-refractivity contribution in [2.45, 2.75) is 0 Å². The Balaban J connectivity index is 2.33. The molecule has 0 spiro atoms. The largest absolute Gasteiger partial charge is 0.748 e. The first-order valence-electron chi connectivity index (χ1n) is 7.41. The van der Waals surface area contributed by atoms with Gasteiger partial charge in [0, 0.05) is 12.9 Å². The van der Waals surface area contributed by atoms with Crippen LogP contribution < -0.4 is 5.30 Å². The van der Waals surface area contributed by atoms with E-state index in [4.69, 9.17) is 14.2 Å². The van der Waals surface area contributed by atoms with Crippen LogP contribution in [0, 0.1) is 0 Å². The van der Waals surface area contributed by atoms with Crippen LogP contribution in [-0.2, 0) is 24.3 Å². The van der Waals surface area contributed by atoms with Crippen LogP contribution in [0.5, 0.6) is 0 Å². The first kappa shape index (κ1) is 20.5. The third-order valence-corrected chi connectivity index (χ3v) is 6.56. The first-order valence-corrected chi connectivity index (χ1v) is 10.7. The van der Waals surface area contributed by atoms with Crippen LogP contribution in [-0.4, -0.2) is 71.2 Å². The minimum atomic E-state index is -4.18. The number of methoxy groups -OCH3 is 1. The van der Waals surface area contributed by atoms with Crippen LogP contribution >= 0.6 is 7.92 Å². The van der Waals surface area contributed by atoms with Gasteiger partial charge in [-0.15, -0.1) is 0 Å². The molecular formula is C15H24O6PS-. The molecule has 0 aliphatic carbocycles. The van der Waals surface area contributed by atoms with Crippen LogP contribution in [0.2, 0.25) is 0 Å². The van der Waals surface area contributed by atoms with E-state index in [-0.39, 0.29) is 5.75 Å². The number of hydrogen-bond acceptors (Lipinski definition) is 6. The molecule has 132 valence electrons. The smallest absolute Gasteiger partial charge is 0.0949 e. The Morgan fingerprint density at radius 2 is 1.57 bits per heavy atom. The summed E-state index contributed by atoms with van der Waals surface area (Å²) in [6.07, 6.45) is 1.10. The van der Waals surface area contributed by atoms with Gasteiger partial charge in [-0.25, -0.2) is 8.42 Å². The average molecular weight is 363 g/mol. The molecule has 0 amide bonds. The van der Waals surface area contributed by atoms with Crippen molar-refractivity contribution < 1.29 is 27.2 Å². The molecule has 1 aromatic rings. The van der Waals surface area contributed by atoms with E-state index in [1.54, 1.807) is 7.11 Å². The van der Waals surface area contributed by atoms with Gasteiger partial charge in [0.1, 0.15) is 0 Å². The minimum Gasteiger partial charge on any atom is -0.748 e. The van der Waals surface area contributed by atoms with Crippen molar-refractivity contribution in [2.75, 3.05) is 58.2 Å². The quantitative estimate of drug-likeness (QED) is 0.296. The second-order valence-corrected chi connectivity index (χ2v) is 8.82. The molecule has 0 heterocycles. The highest BCUT2D eigenvalue weighted by atomic mass is 32.2. The summed E-state index contributed by atoms with van der Waals surface area (Å²) in [5.74, 6) is -0.326. The summed E-state index contributed by atoms with van der Waals surface area (Å²) in [6, 6.07) is 9.69. The molecule has 6 nitrogen and oxygen atoms in total. The highest BCUT2D eigenvalue weighted by Crippen LogP contribution is 2.33. The molecule has 0 aliphatic heterocycles. The molecule has 0 saturated heterocycles. The highest BCUT2D eigenvalue weighted by Gasteiger charge is 2.12. The molecule has 1 rings (SSSR count). The summed E-state index contributed by atoms with van der Waals surface area (Å²) in [7, 11) is -3.28. The Morgan fingerprint density at radius 3 is 2.17 bits per heavy atom. The molecule has 0 radical (unpaired) electrons. The van der Waals surface area contributed by atoms with E-state index in [1.165, 1.54) is 0 Å². The van der Waals surface area contributed by atoms with Gasteiger partial charge < -0.3 is 18.8 Å². The lowest BCUT2D eigenvalue weighted by Gasteiger charge is -2.19. The molecule has 0 saturated carbocycles. The summed E-state index contributed by atoms with van der Waals surface area (Å²) in [4.78, 5) is 0. The lowest BCUT2D eigenvalue weighted by molar-refractivity contribution is 0.0285. The van der Waals surface area contributed by atoms with Gasteiger partial charge in [-0.1, -0.05) is 38.3 Å². The molecular weight excluding hydrogens is 339 g/mol. The molecule has 1 aromatic carbocycles. The maximum Gasteiger partial charge on any atom is 0.0949 e. The van der Waals surface area contributed by atoms with Gasteiger partial charge in [0.05, 0.1) is 43.2 Å². The van der Waals surface area contributed by atoms with Crippen molar-refractivity contribution in [3.05, 3.63) is 30.3 Å². The topological polar surface area (TPSA) is 84.9 Å². The number of hydrogen-bond donors (Lipinski definition) is 0. The predicted molar refractivity (Wildman–Crippen MR) is 90.8 cm³/mol. The number of rotatable bonds is 13. The van der Waals surface area contributed by atoms with Gasteiger partial charge >= 0.3 is 0 Å². The summed E-state index contributed by atoms with van der Waals surface area (Å²) in [5.41, 5.74) is 0. The molecule has 1 atom stereocenters. The zero-order valence-electron chi connectivity index (χ0n) is 13.3. The second kappa shape index (κ2) is 11.9. The first-order chi connectivity index (χ1) is 11.0. The summed E-state index contributed by atoms with van der Waals surface area (Å²) < 4.78 is 48.3. The third kappa shape index (κ3) is 10.8. The zero-order chi connectivity index (χ0) is 17.0. The molecule has 0 N–H and O–H groups in total. The van der Waals surface area contributed by atoms with Crippen molar-refractivity contribution in [3.63, 3.8) is 0 Å². The van der Waals surface area contributed by atoms with Crippen LogP contribution in [0.25, 0.3) is 0 Å². The van der Waals surface area contributed by atoms with Gasteiger partial charge in [0.15, 0.2) is 0 Å². The van der Waals surface area contributed by atoms with Gasteiger partial charge in [-0.2, -0.15) is 0 Å². The number of benzene rings is 1. The van der Waals surface area contributed by atoms with E-state index < -0.39 is 18.0 Å². The fraction of sp³-hybridized carbons (Fsp3) is 0.600. The Kier molecular flexibility index (Phi) is 10.6. The van der Waals surface area contributed by atoms with E-state index in [1.807, 2.05) is 30.3 Å². The lowest BCUT2D eigenvalue weighted by atomic mass is 10.4. The Bertz CT molecular complexity index is 508. The van der Waals surface area contributed by atoms with E-state index in [0.29, 0.717) is 39.2 Å². The Morgan fingerprint density at radius 1 is 0.957 bits per heavy atom. The van der Waals surface area contributed by atoms with Gasteiger partial charge in [-0.05, 0) is 17.6 Å². The standard InChI is InChI=1S/C15H25O6PS/c1-19-7-8-20-9-10-21-11-12-22(13-14-23(16,17)18)15-5-3-2-4-6-15/h2-6H,7-14H2,1H3,(H,16,17,18)/p-1. The molecule has 0 aliphatic rings. The van der Waals surface area contributed by atoms with E-state index in [0.717, 1.165) is 11.5 Å². The van der Waals surface area contributed by atoms with Crippen LogP contribution in [0.3, 0.4) is 0 Å². The van der Waals surface area contributed by atoms with Crippen LogP contribution in [0.4, 0.5) is 0 Å². The van der Waals surface area contributed by atoms with Crippen LogP contribution in [0.1, 0.15) is 0 Å². The van der Waals surface area contributed by atoms with E-state index in [2.05, 4.69) is 0 Å². The summed E-state index contributed by atoms with van der Waals surface area (Å²) in [6.45, 7) is 2.61. The van der Waals surface area contributed by atoms with Gasteiger partial charge in [0.25, 0.3) is 0 Å². The maximum absolute atomic E-state index is 10.9. The molecule has 0 aromatic heterocycles. The zero-order valence-corrected chi connectivity index (χ0v) is 15.1. The average Bonchev–Trinajstić information content (AvgIpc) is 2.52. The second-order valence-electron chi connectivity index (χ2n) is 4.80. The SMILES string of the molecule is COCCOCCOCCP(CCS(=O)(=O)[O-])c1ccccc1. The molecule has 8 heteroatoms. The Hall–Kier alpha value is -0.560. The predicted octanol–water partition coefficient (Wildman–Crippen LogP) is 1.02. The van der Waals surface area contributed by atoms with Gasteiger partial charge in [0.2, 0.25) is 0 Å². The van der Waals surface area contributed by atoms with Crippen LogP contribution in [0.15, 0.2) is 30.3 Å². The molecule has 0 fully saturated rings. The highest BCUT2D eigenvalue weighted by molar-refractivity contribution is 7.86. The van der Waals surface area contributed by atoms with E-state index >= 15 is 0 Å².